The molecule has 1 amide bonds. The standard InChI is InChI=1S/C15H19N3OS3/c1-3-12(21-15-18-17-14(22-15)20-4-2)13(19)16-10-11-8-6-5-7-9-11/h5-9,12H,3-4,10H2,1-2H3,(H,16,19). The summed E-state index contributed by atoms with van der Waals surface area (Å²) in [4.78, 5) is 12.3. The van der Waals surface area contributed by atoms with E-state index in [2.05, 4.69) is 22.4 Å². The summed E-state index contributed by atoms with van der Waals surface area (Å²) >= 11 is 4.73. The number of nitrogens with zero attached hydrogens (tertiary/aromatic N) is 2. The molecule has 118 valence electrons. The Morgan fingerprint density at radius 1 is 1.23 bits per heavy atom. The number of nitrogens with one attached hydrogen (secondary N) is 1. The van der Waals surface area contributed by atoms with Gasteiger partial charge in [0, 0.05) is 6.54 Å². The van der Waals surface area contributed by atoms with Crippen molar-refractivity contribution in [3.05, 3.63) is 35.9 Å². The van der Waals surface area contributed by atoms with E-state index in [1.54, 1.807) is 23.1 Å². The highest BCUT2D eigenvalue weighted by molar-refractivity contribution is 8.03. The predicted molar refractivity (Wildman–Crippen MR) is 94.5 cm³/mol. The van der Waals surface area contributed by atoms with Crippen LogP contribution >= 0.6 is 34.9 Å². The Hall–Kier alpha value is -1.05. The van der Waals surface area contributed by atoms with Gasteiger partial charge >= 0.3 is 0 Å². The van der Waals surface area contributed by atoms with Crippen molar-refractivity contribution < 1.29 is 4.79 Å². The summed E-state index contributed by atoms with van der Waals surface area (Å²) in [5, 5.41) is 11.1. The second-order valence-electron chi connectivity index (χ2n) is 4.49. The van der Waals surface area contributed by atoms with Crippen LogP contribution in [0.15, 0.2) is 39.0 Å². The van der Waals surface area contributed by atoms with Gasteiger partial charge in [0.25, 0.3) is 0 Å². The van der Waals surface area contributed by atoms with Gasteiger partial charge in [-0.2, -0.15) is 0 Å². The van der Waals surface area contributed by atoms with Gasteiger partial charge in [0.1, 0.15) is 0 Å². The van der Waals surface area contributed by atoms with Gasteiger partial charge in [0.15, 0.2) is 8.68 Å². The number of carbonyl (C=O) groups is 1. The Morgan fingerprint density at radius 2 is 1.95 bits per heavy atom. The second-order valence-corrected chi connectivity index (χ2v) is 8.42. The van der Waals surface area contributed by atoms with Crippen molar-refractivity contribution in [3.8, 4) is 0 Å². The van der Waals surface area contributed by atoms with E-state index >= 15 is 0 Å². The lowest BCUT2D eigenvalue weighted by atomic mass is 10.2. The fourth-order valence-corrected chi connectivity index (χ4v) is 4.88. The van der Waals surface area contributed by atoms with Crippen LogP contribution in [0, 0.1) is 0 Å². The van der Waals surface area contributed by atoms with Gasteiger partial charge in [-0.1, -0.05) is 79.0 Å². The van der Waals surface area contributed by atoms with Crippen LogP contribution in [0.5, 0.6) is 0 Å². The summed E-state index contributed by atoms with van der Waals surface area (Å²) in [7, 11) is 0. The molecule has 1 unspecified atom stereocenters. The van der Waals surface area contributed by atoms with Crippen molar-refractivity contribution >= 4 is 40.8 Å². The molecule has 0 aliphatic heterocycles. The van der Waals surface area contributed by atoms with Gasteiger partial charge in [0.05, 0.1) is 5.25 Å². The van der Waals surface area contributed by atoms with Crippen molar-refractivity contribution in [2.45, 2.75) is 40.7 Å². The van der Waals surface area contributed by atoms with E-state index in [-0.39, 0.29) is 11.2 Å². The average Bonchev–Trinajstić information content (AvgIpc) is 2.99. The first kappa shape index (κ1) is 17.3. The van der Waals surface area contributed by atoms with E-state index in [0.29, 0.717) is 6.54 Å². The highest BCUT2D eigenvalue weighted by Crippen LogP contribution is 2.32. The molecular formula is C15H19N3OS3. The topological polar surface area (TPSA) is 54.9 Å². The van der Waals surface area contributed by atoms with Gasteiger partial charge in [-0.25, -0.2) is 0 Å². The molecule has 22 heavy (non-hydrogen) atoms. The van der Waals surface area contributed by atoms with E-state index in [4.69, 9.17) is 0 Å². The normalized spacial score (nSPS) is 12.1. The first-order valence-corrected chi connectivity index (χ1v) is 9.85. The molecule has 1 aromatic carbocycles. The molecule has 7 heteroatoms. The van der Waals surface area contributed by atoms with Crippen molar-refractivity contribution in [2.75, 3.05) is 5.75 Å². The minimum absolute atomic E-state index is 0.0521. The Labute approximate surface area is 143 Å². The first-order valence-electron chi connectivity index (χ1n) is 7.17. The zero-order valence-corrected chi connectivity index (χ0v) is 15.1. The number of aromatic nitrogens is 2. The molecule has 1 N–H and O–H groups in total. The lowest BCUT2D eigenvalue weighted by Crippen LogP contribution is -2.31. The molecule has 0 fully saturated rings. The molecule has 1 heterocycles. The van der Waals surface area contributed by atoms with Gasteiger partial charge in [-0.3, -0.25) is 4.79 Å². The van der Waals surface area contributed by atoms with Gasteiger partial charge < -0.3 is 5.32 Å². The van der Waals surface area contributed by atoms with E-state index in [1.165, 1.54) is 11.8 Å². The molecule has 0 aliphatic rings. The average molecular weight is 354 g/mol. The zero-order chi connectivity index (χ0) is 15.8. The summed E-state index contributed by atoms with van der Waals surface area (Å²) in [6.45, 7) is 4.66. The van der Waals surface area contributed by atoms with Crippen LogP contribution in [-0.2, 0) is 11.3 Å². The lowest BCUT2D eigenvalue weighted by Gasteiger charge is -2.13. The minimum Gasteiger partial charge on any atom is -0.351 e. The largest absolute Gasteiger partial charge is 0.351 e. The van der Waals surface area contributed by atoms with Crippen LogP contribution < -0.4 is 5.32 Å². The molecule has 0 bridgehead atoms. The number of hydrogen-bond donors (Lipinski definition) is 1. The van der Waals surface area contributed by atoms with Crippen LogP contribution in [0.3, 0.4) is 0 Å². The molecule has 0 saturated carbocycles. The van der Waals surface area contributed by atoms with Crippen molar-refractivity contribution in [1.82, 2.24) is 15.5 Å². The fourth-order valence-electron chi connectivity index (χ4n) is 1.77. The minimum atomic E-state index is -0.129. The Morgan fingerprint density at radius 3 is 2.64 bits per heavy atom. The van der Waals surface area contributed by atoms with Crippen LogP contribution in [0.25, 0.3) is 0 Å². The molecule has 0 saturated heterocycles. The smallest absolute Gasteiger partial charge is 0.233 e. The quantitative estimate of drug-likeness (QED) is 0.731. The summed E-state index contributed by atoms with van der Waals surface area (Å²) in [5.41, 5.74) is 1.10. The van der Waals surface area contributed by atoms with Crippen LogP contribution in [-0.4, -0.2) is 27.1 Å². The Kier molecular flexibility index (Phi) is 7.21. The summed E-state index contributed by atoms with van der Waals surface area (Å²) < 4.78 is 1.82. The fraction of sp³-hybridized carbons (Fsp3) is 0.400. The molecule has 1 atom stereocenters. The van der Waals surface area contributed by atoms with E-state index in [9.17, 15) is 4.79 Å². The van der Waals surface area contributed by atoms with Gasteiger partial charge in [-0.15, -0.1) is 10.2 Å². The molecule has 1 aromatic heterocycles. The second kappa shape index (κ2) is 9.17. The molecule has 0 aliphatic carbocycles. The van der Waals surface area contributed by atoms with Gasteiger partial charge in [0.2, 0.25) is 5.91 Å². The molecule has 0 spiro atoms. The maximum Gasteiger partial charge on any atom is 0.233 e. The predicted octanol–water partition coefficient (Wildman–Crippen LogP) is 3.84. The Balaban J connectivity index is 1.88. The molecule has 4 nitrogen and oxygen atoms in total. The first-order chi connectivity index (χ1) is 10.7. The van der Waals surface area contributed by atoms with Crippen LogP contribution in [0.2, 0.25) is 0 Å². The number of hydrogen-bond acceptors (Lipinski definition) is 6. The highest BCUT2D eigenvalue weighted by Gasteiger charge is 2.20. The van der Waals surface area contributed by atoms with Crippen molar-refractivity contribution in [1.29, 1.82) is 0 Å². The maximum atomic E-state index is 12.3. The summed E-state index contributed by atoms with van der Waals surface area (Å²) in [6, 6.07) is 9.93. The third-order valence-corrected chi connectivity index (χ3v) is 6.26. The van der Waals surface area contributed by atoms with E-state index in [0.717, 1.165) is 26.4 Å². The molecule has 0 radical (unpaired) electrons. The summed E-state index contributed by atoms with van der Waals surface area (Å²) in [5.74, 6) is 1.03. The van der Waals surface area contributed by atoms with Gasteiger partial charge in [-0.05, 0) is 17.7 Å². The number of rotatable bonds is 8. The maximum absolute atomic E-state index is 12.3. The molecule has 2 rings (SSSR count). The lowest BCUT2D eigenvalue weighted by molar-refractivity contribution is -0.120. The molecular weight excluding hydrogens is 334 g/mol. The van der Waals surface area contributed by atoms with E-state index in [1.807, 2.05) is 37.3 Å². The molecule has 2 aromatic rings. The SMILES string of the molecule is CCSc1nnc(SC(CC)C(=O)NCc2ccccc2)s1. The summed E-state index contributed by atoms with van der Waals surface area (Å²) in [6.07, 6.45) is 0.765. The number of thioether (sulfide) groups is 2. The van der Waals surface area contributed by atoms with Crippen molar-refractivity contribution in [3.63, 3.8) is 0 Å². The highest BCUT2D eigenvalue weighted by atomic mass is 32.2. The Bertz CT molecular complexity index is 589. The number of benzene rings is 1. The third kappa shape index (κ3) is 5.30. The van der Waals surface area contributed by atoms with Crippen LogP contribution in [0.4, 0.5) is 0 Å². The van der Waals surface area contributed by atoms with Crippen molar-refractivity contribution in [2.24, 2.45) is 0 Å². The number of amides is 1. The number of carbonyl (C=O) groups excluding carboxylic acids is 1. The zero-order valence-electron chi connectivity index (χ0n) is 12.6. The van der Waals surface area contributed by atoms with E-state index < -0.39 is 0 Å². The monoisotopic (exact) mass is 353 g/mol. The van der Waals surface area contributed by atoms with Crippen LogP contribution in [0.1, 0.15) is 25.8 Å². The third-order valence-electron chi connectivity index (χ3n) is 2.87.